The molecule has 1 fully saturated rings. The largest absolute Gasteiger partial charge is 0.395 e. The Labute approximate surface area is 130 Å². The first-order valence-electron chi connectivity index (χ1n) is 7.69. The zero-order chi connectivity index (χ0) is 15.9. The van der Waals surface area contributed by atoms with Crippen LogP contribution in [0.5, 0.6) is 0 Å². The Balaban J connectivity index is 1.76. The third kappa shape index (κ3) is 4.76. The van der Waals surface area contributed by atoms with Gasteiger partial charge in [0, 0.05) is 39.3 Å². The molecule has 1 aliphatic heterocycles. The molecule has 1 aliphatic rings. The van der Waals surface area contributed by atoms with Gasteiger partial charge in [0.05, 0.1) is 12.6 Å². The lowest BCUT2D eigenvalue weighted by Crippen LogP contribution is -2.54. The van der Waals surface area contributed by atoms with Crippen molar-refractivity contribution in [2.45, 2.75) is 19.5 Å². The first kappa shape index (κ1) is 16.9. The van der Waals surface area contributed by atoms with E-state index in [1.165, 1.54) is 12.1 Å². The zero-order valence-electron chi connectivity index (χ0n) is 13.0. The number of halogens is 1. The van der Waals surface area contributed by atoms with Crippen molar-refractivity contribution in [3.8, 4) is 0 Å². The van der Waals surface area contributed by atoms with Gasteiger partial charge in [0.25, 0.3) is 0 Å². The zero-order valence-corrected chi connectivity index (χ0v) is 13.0. The van der Waals surface area contributed by atoms with Gasteiger partial charge in [0.2, 0.25) is 5.91 Å². The molecule has 1 heterocycles. The van der Waals surface area contributed by atoms with Gasteiger partial charge in [0.15, 0.2) is 0 Å². The van der Waals surface area contributed by atoms with Crippen LogP contribution in [0.1, 0.15) is 12.5 Å². The SMILES string of the molecule is CC(C(=O)NCc1ccc(F)cc1)N1CCN(CCO)CC1. The van der Waals surface area contributed by atoms with Crippen LogP contribution in [0.2, 0.25) is 0 Å². The number of hydrogen-bond donors (Lipinski definition) is 2. The van der Waals surface area contributed by atoms with Gasteiger partial charge in [-0.15, -0.1) is 0 Å². The van der Waals surface area contributed by atoms with Crippen molar-refractivity contribution in [1.82, 2.24) is 15.1 Å². The minimum Gasteiger partial charge on any atom is -0.395 e. The number of rotatable bonds is 6. The van der Waals surface area contributed by atoms with Crippen molar-refractivity contribution in [2.24, 2.45) is 0 Å². The van der Waals surface area contributed by atoms with E-state index < -0.39 is 0 Å². The van der Waals surface area contributed by atoms with Crippen LogP contribution in [0.4, 0.5) is 4.39 Å². The molecule has 0 spiro atoms. The van der Waals surface area contributed by atoms with Crippen LogP contribution in [0.15, 0.2) is 24.3 Å². The molecule has 22 heavy (non-hydrogen) atoms. The van der Waals surface area contributed by atoms with Crippen LogP contribution in [0.3, 0.4) is 0 Å². The summed E-state index contributed by atoms with van der Waals surface area (Å²) in [5.41, 5.74) is 0.884. The van der Waals surface area contributed by atoms with Crippen LogP contribution < -0.4 is 5.32 Å². The van der Waals surface area contributed by atoms with Gasteiger partial charge in [-0.25, -0.2) is 4.39 Å². The monoisotopic (exact) mass is 309 g/mol. The minimum atomic E-state index is -0.274. The topological polar surface area (TPSA) is 55.8 Å². The number of hydrogen-bond acceptors (Lipinski definition) is 4. The van der Waals surface area contributed by atoms with Gasteiger partial charge in [-0.1, -0.05) is 12.1 Å². The molecule has 2 rings (SSSR count). The van der Waals surface area contributed by atoms with Crippen LogP contribution in [0, 0.1) is 5.82 Å². The molecular formula is C16H24FN3O2. The summed E-state index contributed by atoms with van der Waals surface area (Å²) in [5, 5.41) is 11.8. The van der Waals surface area contributed by atoms with Crippen molar-refractivity contribution in [2.75, 3.05) is 39.3 Å². The van der Waals surface area contributed by atoms with Crippen molar-refractivity contribution < 1.29 is 14.3 Å². The van der Waals surface area contributed by atoms with E-state index in [1.807, 2.05) is 6.92 Å². The molecule has 1 aromatic rings. The van der Waals surface area contributed by atoms with E-state index in [9.17, 15) is 9.18 Å². The standard InChI is InChI=1S/C16H24FN3O2/c1-13(20-8-6-19(7-9-20)10-11-21)16(22)18-12-14-2-4-15(17)5-3-14/h2-5,13,21H,6-12H2,1H3,(H,18,22). The molecule has 5 nitrogen and oxygen atoms in total. The fraction of sp³-hybridized carbons (Fsp3) is 0.562. The first-order chi connectivity index (χ1) is 10.6. The highest BCUT2D eigenvalue weighted by Crippen LogP contribution is 2.07. The van der Waals surface area contributed by atoms with Gasteiger partial charge in [0.1, 0.15) is 5.82 Å². The molecule has 0 aliphatic carbocycles. The van der Waals surface area contributed by atoms with E-state index in [4.69, 9.17) is 5.11 Å². The molecule has 0 bridgehead atoms. The second kappa shape index (κ2) is 8.22. The Kier molecular flexibility index (Phi) is 6.30. The number of nitrogens with zero attached hydrogens (tertiary/aromatic N) is 2. The predicted molar refractivity (Wildman–Crippen MR) is 82.8 cm³/mol. The Morgan fingerprint density at radius 1 is 1.27 bits per heavy atom. The third-order valence-electron chi connectivity index (χ3n) is 4.13. The van der Waals surface area contributed by atoms with Gasteiger partial charge in [-0.3, -0.25) is 14.6 Å². The fourth-order valence-corrected chi connectivity index (χ4v) is 2.62. The second-order valence-corrected chi connectivity index (χ2v) is 5.62. The third-order valence-corrected chi connectivity index (χ3v) is 4.13. The maximum Gasteiger partial charge on any atom is 0.237 e. The molecule has 0 saturated carbocycles. The Morgan fingerprint density at radius 3 is 2.50 bits per heavy atom. The molecule has 1 aromatic carbocycles. The van der Waals surface area contributed by atoms with Crippen LogP contribution in [-0.4, -0.2) is 66.2 Å². The van der Waals surface area contributed by atoms with Gasteiger partial charge < -0.3 is 10.4 Å². The summed E-state index contributed by atoms with van der Waals surface area (Å²) in [6, 6.07) is 5.95. The smallest absolute Gasteiger partial charge is 0.237 e. The number of piperazine rings is 1. The lowest BCUT2D eigenvalue weighted by atomic mass is 10.2. The van der Waals surface area contributed by atoms with Crippen LogP contribution >= 0.6 is 0 Å². The highest BCUT2D eigenvalue weighted by Gasteiger charge is 2.25. The van der Waals surface area contributed by atoms with E-state index in [0.29, 0.717) is 13.1 Å². The summed E-state index contributed by atoms with van der Waals surface area (Å²) in [6.45, 7) is 6.57. The summed E-state index contributed by atoms with van der Waals surface area (Å²) in [7, 11) is 0. The molecular weight excluding hydrogens is 285 g/mol. The molecule has 1 atom stereocenters. The second-order valence-electron chi connectivity index (χ2n) is 5.62. The van der Waals surface area contributed by atoms with Crippen LogP contribution in [-0.2, 0) is 11.3 Å². The van der Waals surface area contributed by atoms with Crippen molar-refractivity contribution in [1.29, 1.82) is 0 Å². The number of β-amino-alcohol motifs (C(OH)–C–C–N with tert-alkyl or cyclic N) is 1. The Hall–Kier alpha value is -1.50. The van der Waals surface area contributed by atoms with Crippen LogP contribution in [0.25, 0.3) is 0 Å². The van der Waals surface area contributed by atoms with E-state index >= 15 is 0 Å². The predicted octanol–water partition coefficient (Wildman–Crippen LogP) is 0.440. The van der Waals surface area contributed by atoms with E-state index in [-0.39, 0.29) is 24.4 Å². The number of nitrogens with one attached hydrogen (secondary N) is 1. The Morgan fingerprint density at radius 2 is 1.91 bits per heavy atom. The quantitative estimate of drug-likeness (QED) is 0.801. The molecule has 122 valence electrons. The number of aliphatic hydroxyl groups is 1. The summed E-state index contributed by atoms with van der Waals surface area (Å²) in [5.74, 6) is -0.288. The van der Waals surface area contributed by atoms with E-state index in [1.54, 1.807) is 12.1 Å². The minimum absolute atomic E-state index is 0.0140. The maximum absolute atomic E-state index is 12.8. The molecule has 1 amide bonds. The average molecular weight is 309 g/mol. The number of carbonyl (C=O) groups is 1. The van der Waals surface area contributed by atoms with Gasteiger partial charge in [-0.2, -0.15) is 0 Å². The fourth-order valence-electron chi connectivity index (χ4n) is 2.62. The summed E-state index contributed by atoms with van der Waals surface area (Å²) in [6.07, 6.45) is 0. The van der Waals surface area contributed by atoms with Crippen molar-refractivity contribution in [3.63, 3.8) is 0 Å². The molecule has 6 heteroatoms. The summed E-state index contributed by atoms with van der Waals surface area (Å²) in [4.78, 5) is 16.6. The summed E-state index contributed by atoms with van der Waals surface area (Å²) < 4.78 is 12.8. The molecule has 1 unspecified atom stereocenters. The lowest BCUT2D eigenvalue weighted by molar-refractivity contribution is -0.126. The van der Waals surface area contributed by atoms with E-state index in [2.05, 4.69) is 15.1 Å². The number of carbonyl (C=O) groups excluding carboxylic acids is 1. The summed E-state index contributed by atoms with van der Waals surface area (Å²) >= 11 is 0. The molecule has 0 radical (unpaired) electrons. The first-order valence-corrected chi connectivity index (χ1v) is 7.69. The average Bonchev–Trinajstić information content (AvgIpc) is 2.54. The highest BCUT2D eigenvalue weighted by atomic mass is 19.1. The Bertz CT molecular complexity index is 473. The molecule has 2 N–H and O–H groups in total. The van der Waals surface area contributed by atoms with E-state index in [0.717, 1.165) is 31.7 Å². The lowest BCUT2D eigenvalue weighted by Gasteiger charge is -2.37. The number of amides is 1. The normalized spacial score (nSPS) is 18.1. The van der Waals surface area contributed by atoms with Crippen molar-refractivity contribution in [3.05, 3.63) is 35.6 Å². The number of aliphatic hydroxyl groups excluding tert-OH is 1. The maximum atomic E-state index is 12.8. The van der Waals surface area contributed by atoms with Gasteiger partial charge >= 0.3 is 0 Å². The number of benzene rings is 1. The highest BCUT2D eigenvalue weighted by molar-refractivity contribution is 5.81. The van der Waals surface area contributed by atoms with Crippen molar-refractivity contribution >= 4 is 5.91 Å². The molecule has 1 saturated heterocycles. The van der Waals surface area contributed by atoms with Gasteiger partial charge in [-0.05, 0) is 24.6 Å². The molecule has 0 aromatic heterocycles.